The van der Waals surface area contributed by atoms with E-state index in [0.29, 0.717) is 23.9 Å². The predicted molar refractivity (Wildman–Crippen MR) is 74.8 cm³/mol. The fourth-order valence-electron chi connectivity index (χ4n) is 2.19. The van der Waals surface area contributed by atoms with Crippen molar-refractivity contribution in [3.63, 3.8) is 0 Å². The summed E-state index contributed by atoms with van der Waals surface area (Å²) in [6.07, 6.45) is 3.01. The van der Waals surface area contributed by atoms with Crippen molar-refractivity contribution in [1.29, 1.82) is 0 Å². The molecular formula is C13H15N3O4. The van der Waals surface area contributed by atoms with Crippen LogP contribution in [0.1, 0.15) is 0 Å². The van der Waals surface area contributed by atoms with Gasteiger partial charge in [0.25, 0.3) is 5.69 Å². The van der Waals surface area contributed by atoms with E-state index in [9.17, 15) is 10.1 Å². The summed E-state index contributed by atoms with van der Waals surface area (Å²) in [5, 5.41) is 30.3. The van der Waals surface area contributed by atoms with Crippen LogP contribution in [0.4, 0.5) is 11.4 Å². The molecule has 2 aromatic rings. The topological polar surface area (TPSA) is 99.7 Å². The van der Waals surface area contributed by atoms with Gasteiger partial charge in [-0.1, -0.05) is 0 Å². The average Bonchev–Trinajstić information content (AvgIpc) is 2.45. The zero-order chi connectivity index (χ0) is 14.5. The second kappa shape index (κ2) is 6.27. The number of hydrogen-bond acceptors (Lipinski definition) is 6. The molecule has 0 radical (unpaired) electrons. The van der Waals surface area contributed by atoms with E-state index in [4.69, 9.17) is 10.2 Å². The third kappa shape index (κ3) is 2.68. The van der Waals surface area contributed by atoms with Gasteiger partial charge in [0.05, 0.1) is 23.5 Å². The van der Waals surface area contributed by atoms with Crippen LogP contribution in [-0.4, -0.2) is 46.4 Å². The highest BCUT2D eigenvalue weighted by molar-refractivity contribution is 5.99. The number of nitrogens with zero attached hydrogens (tertiary/aromatic N) is 3. The lowest BCUT2D eigenvalue weighted by Gasteiger charge is -2.24. The van der Waals surface area contributed by atoms with Crippen molar-refractivity contribution >= 4 is 22.1 Å². The van der Waals surface area contributed by atoms with Crippen molar-refractivity contribution in [3.8, 4) is 0 Å². The first kappa shape index (κ1) is 14.2. The number of aromatic nitrogens is 1. The van der Waals surface area contributed by atoms with E-state index in [-0.39, 0.29) is 18.9 Å². The van der Waals surface area contributed by atoms with Crippen molar-refractivity contribution in [2.75, 3.05) is 31.2 Å². The van der Waals surface area contributed by atoms with Gasteiger partial charge < -0.3 is 15.1 Å². The van der Waals surface area contributed by atoms with Gasteiger partial charge >= 0.3 is 0 Å². The molecule has 0 saturated carbocycles. The van der Waals surface area contributed by atoms with Crippen molar-refractivity contribution in [2.24, 2.45) is 0 Å². The Balaban J connectivity index is 2.59. The lowest BCUT2D eigenvalue weighted by Crippen LogP contribution is -2.29. The van der Waals surface area contributed by atoms with Gasteiger partial charge in [-0.2, -0.15) is 0 Å². The van der Waals surface area contributed by atoms with Crippen LogP contribution in [0.3, 0.4) is 0 Å². The Morgan fingerprint density at radius 3 is 2.45 bits per heavy atom. The Morgan fingerprint density at radius 1 is 1.15 bits per heavy atom. The molecule has 0 bridgehead atoms. The molecule has 1 aromatic heterocycles. The summed E-state index contributed by atoms with van der Waals surface area (Å²) in [6, 6.07) is 4.74. The minimum Gasteiger partial charge on any atom is -0.395 e. The summed E-state index contributed by atoms with van der Waals surface area (Å²) < 4.78 is 0. The summed E-state index contributed by atoms with van der Waals surface area (Å²) in [5.74, 6) is 0. The summed E-state index contributed by atoms with van der Waals surface area (Å²) in [5.41, 5.74) is 0.723. The summed E-state index contributed by atoms with van der Waals surface area (Å²) in [4.78, 5) is 16.3. The minimum atomic E-state index is -0.448. The Morgan fingerprint density at radius 2 is 1.85 bits per heavy atom. The number of non-ortho nitro benzene ring substituents is 1. The SMILES string of the molecule is O=[N+]([O-])c1ccc(N(CCO)CCO)c2ccncc12. The van der Waals surface area contributed by atoms with Crippen molar-refractivity contribution in [3.05, 3.63) is 40.7 Å². The van der Waals surface area contributed by atoms with E-state index in [1.54, 1.807) is 23.2 Å². The van der Waals surface area contributed by atoms with Crippen LogP contribution in [0.5, 0.6) is 0 Å². The van der Waals surface area contributed by atoms with Gasteiger partial charge in [-0.15, -0.1) is 0 Å². The van der Waals surface area contributed by atoms with E-state index in [1.165, 1.54) is 12.3 Å². The molecule has 0 aliphatic carbocycles. The number of benzene rings is 1. The van der Waals surface area contributed by atoms with Crippen LogP contribution in [-0.2, 0) is 0 Å². The summed E-state index contributed by atoms with van der Waals surface area (Å²) >= 11 is 0. The maximum absolute atomic E-state index is 11.0. The van der Waals surface area contributed by atoms with Crippen molar-refractivity contribution in [2.45, 2.75) is 0 Å². The van der Waals surface area contributed by atoms with Crippen LogP contribution in [0.2, 0.25) is 0 Å². The quantitative estimate of drug-likeness (QED) is 0.602. The molecule has 0 unspecified atom stereocenters. The zero-order valence-corrected chi connectivity index (χ0v) is 10.8. The van der Waals surface area contributed by atoms with Crippen molar-refractivity contribution in [1.82, 2.24) is 4.98 Å². The Kier molecular flexibility index (Phi) is 4.44. The van der Waals surface area contributed by atoms with Gasteiger partial charge in [-0.25, -0.2) is 0 Å². The lowest BCUT2D eigenvalue weighted by atomic mass is 10.1. The predicted octanol–water partition coefficient (Wildman–Crippen LogP) is 0.934. The smallest absolute Gasteiger partial charge is 0.278 e. The maximum atomic E-state index is 11.0. The molecule has 2 rings (SSSR count). The zero-order valence-electron chi connectivity index (χ0n) is 10.8. The second-order valence-corrected chi connectivity index (χ2v) is 4.22. The first-order chi connectivity index (χ1) is 9.69. The van der Waals surface area contributed by atoms with Crippen LogP contribution in [0, 0.1) is 10.1 Å². The third-order valence-electron chi connectivity index (χ3n) is 3.05. The Bertz CT molecular complexity index is 612. The molecular weight excluding hydrogens is 262 g/mol. The molecule has 1 aromatic carbocycles. The third-order valence-corrected chi connectivity index (χ3v) is 3.05. The molecule has 0 aliphatic rings. The molecule has 0 saturated heterocycles. The van der Waals surface area contributed by atoms with Crippen LogP contribution >= 0.6 is 0 Å². The number of pyridine rings is 1. The molecule has 7 heteroatoms. The van der Waals surface area contributed by atoms with Gasteiger partial charge in [0, 0.05) is 42.6 Å². The highest BCUT2D eigenvalue weighted by Crippen LogP contribution is 2.32. The molecule has 0 aliphatic heterocycles. The normalized spacial score (nSPS) is 10.7. The average molecular weight is 277 g/mol. The Labute approximate surface area is 115 Å². The molecule has 0 amide bonds. The van der Waals surface area contributed by atoms with E-state index >= 15 is 0 Å². The first-order valence-electron chi connectivity index (χ1n) is 6.17. The lowest BCUT2D eigenvalue weighted by molar-refractivity contribution is -0.383. The number of nitro benzene ring substituents is 1. The molecule has 20 heavy (non-hydrogen) atoms. The van der Waals surface area contributed by atoms with Gasteiger partial charge in [-0.05, 0) is 12.1 Å². The van der Waals surface area contributed by atoms with E-state index in [0.717, 1.165) is 5.69 Å². The number of fused-ring (bicyclic) bond motifs is 1. The first-order valence-corrected chi connectivity index (χ1v) is 6.17. The summed E-state index contributed by atoms with van der Waals surface area (Å²) in [6.45, 7) is 0.554. The highest BCUT2D eigenvalue weighted by Gasteiger charge is 2.17. The van der Waals surface area contributed by atoms with Gasteiger partial charge in [-0.3, -0.25) is 15.1 Å². The maximum Gasteiger partial charge on any atom is 0.278 e. The second-order valence-electron chi connectivity index (χ2n) is 4.22. The van der Waals surface area contributed by atoms with E-state index in [1.807, 2.05) is 0 Å². The molecule has 0 spiro atoms. The van der Waals surface area contributed by atoms with E-state index < -0.39 is 4.92 Å². The van der Waals surface area contributed by atoms with Gasteiger partial charge in [0.1, 0.15) is 0 Å². The number of aliphatic hydroxyl groups is 2. The summed E-state index contributed by atoms with van der Waals surface area (Å²) in [7, 11) is 0. The molecule has 0 fully saturated rings. The number of nitro groups is 1. The largest absolute Gasteiger partial charge is 0.395 e. The number of hydrogen-bond donors (Lipinski definition) is 2. The number of anilines is 1. The number of aliphatic hydroxyl groups excluding tert-OH is 2. The minimum absolute atomic E-state index is 0.00945. The van der Waals surface area contributed by atoms with Crippen molar-refractivity contribution < 1.29 is 15.1 Å². The van der Waals surface area contributed by atoms with E-state index in [2.05, 4.69) is 4.98 Å². The molecule has 2 N–H and O–H groups in total. The van der Waals surface area contributed by atoms with Gasteiger partial charge in [0.15, 0.2) is 0 Å². The van der Waals surface area contributed by atoms with Crippen LogP contribution in [0.25, 0.3) is 10.8 Å². The standard InChI is InChI=1S/C13H15N3O4/c17-7-5-15(6-8-18)12-1-2-13(16(19)20)11-9-14-4-3-10(11)12/h1-4,9,17-18H,5-8H2. The molecule has 0 atom stereocenters. The molecule has 1 heterocycles. The Hall–Kier alpha value is -2.25. The van der Waals surface area contributed by atoms with Crippen LogP contribution < -0.4 is 4.90 Å². The van der Waals surface area contributed by atoms with Gasteiger partial charge in [0.2, 0.25) is 0 Å². The fourth-order valence-corrected chi connectivity index (χ4v) is 2.19. The highest BCUT2D eigenvalue weighted by atomic mass is 16.6. The van der Waals surface area contributed by atoms with Crippen LogP contribution in [0.15, 0.2) is 30.6 Å². The molecule has 106 valence electrons. The number of rotatable bonds is 6. The molecule has 7 nitrogen and oxygen atoms in total. The fraction of sp³-hybridized carbons (Fsp3) is 0.308. The monoisotopic (exact) mass is 277 g/mol.